The molecule has 58 heavy (non-hydrogen) atoms. The molecule has 0 saturated heterocycles. The zero-order valence-corrected chi connectivity index (χ0v) is 32.9. The second-order valence-electron chi connectivity index (χ2n) is 11.8. The summed E-state index contributed by atoms with van der Waals surface area (Å²) in [6.45, 7) is 1.65. The van der Waals surface area contributed by atoms with Crippen LogP contribution >= 0.6 is 11.6 Å². The fourth-order valence-electron chi connectivity index (χ4n) is 5.16. The number of nitrogens with one attached hydrogen (secondary N) is 2. The molecular weight excluding hydrogens is 866 g/mol. The minimum Gasteiger partial charge on any atom is -0.324 e. The van der Waals surface area contributed by atoms with E-state index in [0.29, 0.717) is 11.3 Å². The molecule has 0 bridgehead atoms. The molecule has 0 spiro atoms. The van der Waals surface area contributed by atoms with Crippen molar-refractivity contribution in [3.63, 3.8) is 0 Å². The fourth-order valence-corrected chi connectivity index (χ4v) is 7.89. The number of rotatable bonds is 12. The molecular formula is C32H24ClN9O12S4. The van der Waals surface area contributed by atoms with E-state index in [1.165, 1.54) is 54.6 Å². The number of fused-ring (bicyclic) bond motifs is 1. The van der Waals surface area contributed by atoms with Crippen LogP contribution in [0.25, 0.3) is 10.8 Å². The Hall–Kier alpha value is -5.90. The highest BCUT2D eigenvalue weighted by molar-refractivity contribution is 7.87. The van der Waals surface area contributed by atoms with Gasteiger partial charge in [0.2, 0.25) is 17.2 Å². The zero-order chi connectivity index (χ0) is 42.2. The summed E-state index contributed by atoms with van der Waals surface area (Å²) in [5.41, 5.74) is 0.942. The molecule has 5 aromatic carbocycles. The predicted molar refractivity (Wildman–Crippen MR) is 207 cm³/mol. The quantitative estimate of drug-likeness (QED) is 0.0518. The standard InChI is InChI=1S/C32H24ClN9O12S4/c1-17-13-19(7-11-25(17)42-41-21-14-24-23(28(16-21)57(49,50)51)3-2-4-27(24)56(46,47)48)34-31-36-30(33)37-32(38-31)35-26-12-8-20(15-29(26)58(52,53)54)40-39-18-5-9-22(10-6-18)55(43,44)45/h2-16H,1H3,(H,43,44,45)(H,46,47,48)(H,49,50,51)(H,52,53,54)(H2,34,35,36,37,38)/b40-39+,42-41+. The second-order valence-corrected chi connectivity index (χ2v) is 17.7. The average Bonchev–Trinajstić information content (AvgIpc) is 3.12. The largest absolute Gasteiger partial charge is 0.324 e. The van der Waals surface area contributed by atoms with Gasteiger partial charge < -0.3 is 10.6 Å². The van der Waals surface area contributed by atoms with Gasteiger partial charge in [-0.1, -0.05) is 12.1 Å². The van der Waals surface area contributed by atoms with E-state index >= 15 is 0 Å². The van der Waals surface area contributed by atoms with E-state index in [0.717, 1.165) is 30.3 Å². The van der Waals surface area contributed by atoms with Gasteiger partial charge in [0, 0.05) is 16.5 Å². The molecule has 21 nitrogen and oxygen atoms in total. The first-order chi connectivity index (χ1) is 27.0. The molecule has 26 heteroatoms. The van der Waals surface area contributed by atoms with Crippen LogP contribution in [0.4, 0.5) is 46.0 Å². The Labute approximate surface area is 333 Å². The Balaban J connectivity index is 1.22. The third-order valence-electron chi connectivity index (χ3n) is 7.70. The SMILES string of the molecule is Cc1cc(Nc2nc(Cl)nc(Nc3ccc(/N=N/c4ccc(S(=O)(=O)O)cc4)cc3S(=O)(=O)O)n2)ccc1/N=N/c1cc(S(=O)(=O)O)c2cccc(S(=O)(=O)O)c2c1. The van der Waals surface area contributed by atoms with Crippen molar-refractivity contribution < 1.29 is 51.9 Å². The summed E-state index contributed by atoms with van der Waals surface area (Å²) in [6.07, 6.45) is 0. The van der Waals surface area contributed by atoms with E-state index in [9.17, 15) is 47.3 Å². The lowest BCUT2D eigenvalue weighted by molar-refractivity contribution is 0.481. The van der Waals surface area contributed by atoms with Gasteiger partial charge in [-0.05, 0) is 103 Å². The van der Waals surface area contributed by atoms with Crippen LogP contribution in [0.2, 0.25) is 5.28 Å². The van der Waals surface area contributed by atoms with Gasteiger partial charge in [-0.15, -0.1) is 0 Å². The maximum absolute atomic E-state index is 12.3. The predicted octanol–water partition coefficient (Wildman–Crippen LogP) is 7.29. The first kappa shape index (κ1) is 41.7. The number of benzene rings is 5. The number of nitrogens with zero attached hydrogens (tertiary/aromatic N) is 7. The first-order valence-electron chi connectivity index (χ1n) is 15.7. The molecule has 0 aliphatic rings. The molecule has 0 aliphatic carbocycles. The van der Waals surface area contributed by atoms with Crippen LogP contribution in [0.5, 0.6) is 0 Å². The van der Waals surface area contributed by atoms with Gasteiger partial charge in [-0.3, -0.25) is 18.2 Å². The Morgan fingerprint density at radius 2 is 1.12 bits per heavy atom. The first-order valence-corrected chi connectivity index (χ1v) is 21.8. The number of halogens is 1. The monoisotopic (exact) mass is 889 g/mol. The molecule has 6 N–H and O–H groups in total. The Kier molecular flexibility index (Phi) is 11.4. The molecule has 0 aliphatic heterocycles. The fraction of sp³-hybridized carbons (Fsp3) is 0.0312. The van der Waals surface area contributed by atoms with Crippen LogP contribution < -0.4 is 10.6 Å². The molecule has 300 valence electrons. The Morgan fingerprint density at radius 1 is 0.534 bits per heavy atom. The highest BCUT2D eigenvalue weighted by Gasteiger charge is 2.22. The smallest absolute Gasteiger partial charge is 0.296 e. The summed E-state index contributed by atoms with van der Waals surface area (Å²) in [6, 6.07) is 18.5. The van der Waals surface area contributed by atoms with Gasteiger partial charge in [0.25, 0.3) is 40.5 Å². The van der Waals surface area contributed by atoms with Gasteiger partial charge in [-0.2, -0.15) is 69.1 Å². The minimum absolute atomic E-state index is 0.0298. The normalized spacial score (nSPS) is 12.7. The highest BCUT2D eigenvalue weighted by Crippen LogP contribution is 2.35. The van der Waals surface area contributed by atoms with E-state index in [1.807, 2.05) is 0 Å². The lowest BCUT2D eigenvalue weighted by Crippen LogP contribution is -2.07. The van der Waals surface area contributed by atoms with Crippen LogP contribution in [0.15, 0.2) is 131 Å². The number of aryl methyl sites for hydroxylation is 1. The van der Waals surface area contributed by atoms with Crippen molar-refractivity contribution in [1.82, 2.24) is 15.0 Å². The second kappa shape index (κ2) is 15.8. The maximum Gasteiger partial charge on any atom is 0.296 e. The van der Waals surface area contributed by atoms with Gasteiger partial charge in [0.15, 0.2) is 0 Å². The van der Waals surface area contributed by atoms with Crippen LogP contribution in [0.1, 0.15) is 5.56 Å². The summed E-state index contributed by atoms with van der Waals surface area (Å²) in [5, 5.41) is 20.8. The molecule has 0 radical (unpaired) electrons. The molecule has 0 amide bonds. The van der Waals surface area contributed by atoms with Crippen LogP contribution in [-0.2, 0) is 40.5 Å². The third kappa shape index (κ3) is 9.96. The van der Waals surface area contributed by atoms with Crippen LogP contribution in [0, 0.1) is 6.92 Å². The van der Waals surface area contributed by atoms with Crippen molar-refractivity contribution in [2.45, 2.75) is 26.5 Å². The Morgan fingerprint density at radius 3 is 1.74 bits per heavy atom. The minimum atomic E-state index is -4.87. The molecule has 0 saturated carbocycles. The number of aromatic nitrogens is 3. The van der Waals surface area contributed by atoms with Crippen molar-refractivity contribution in [3.8, 4) is 0 Å². The van der Waals surface area contributed by atoms with Crippen molar-refractivity contribution in [2.24, 2.45) is 20.5 Å². The summed E-state index contributed by atoms with van der Waals surface area (Å²) < 4.78 is 134. The number of azo groups is 2. The van der Waals surface area contributed by atoms with Crippen LogP contribution in [0.3, 0.4) is 0 Å². The van der Waals surface area contributed by atoms with Crippen molar-refractivity contribution >= 4 is 109 Å². The van der Waals surface area contributed by atoms with E-state index in [4.69, 9.17) is 16.2 Å². The molecule has 0 atom stereocenters. The molecule has 6 rings (SSSR count). The highest BCUT2D eigenvalue weighted by atomic mass is 35.5. The van der Waals surface area contributed by atoms with Crippen LogP contribution in [-0.4, -0.2) is 66.8 Å². The van der Waals surface area contributed by atoms with E-state index in [2.05, 4.69) is 46.0 Å². The number of hydrogen-bond acceptors (Lipinski definition) is 17. The lowest BCUT2D eigenvalue weighted by Gasteiger charge is -2.12. The topological polar surface area (TPSA) is 330 Å². The number of hydrogen-bond donors (Lipinski definition) is 6. The van der Waals surface area contributed by atoms with E-state index in [1.54, 1.807) is 13.0 Å². The summed E-state index contributed by atoms with van der Waals surface area (Å²) in [5.74, 6) is -0.363. The number of anilines is 4. The Bertz CT molecular complexity index is 3150. The van der Waals surface area contributed by atoms with Gasteiger partial charge in [0.05, 0.1) is 33.3 Å². The average molecular weight is 890 g/mol. The molecule has 6 aromatic rings. The van der Waals surface area contributed by atoms with Gasteiger partial charge >= 0.3 is 0 Å². The maximum atomic E-state index is 12.3. The van der Waals surface area contributed by atoms with E-state index in [-0.39, 0.29) is 61.3 Å². The lowest BCUT2D eigenvalue weighted by atomic mass is 10.1. The van der Waals surface area contributed by atoms with Crippen molar-refractivity contribution in [3.05, 3.63) is 102 Å². The van der Waals surface area contributed by atoms with Gasteiger partial charge in [0.1, 0.15) is 14.7 Å². The molecule has 0 fully saturated rings. The third-order valence-corrected chi connectivity index (χ3v) is 11.4. The molecule has 0 unspecified atom stereocenters. The molecule has 1 aromatic heterocycles. The van der Waals surface area contributed by atoms with Gasteiger partial charge in [-0.25, -0.2) is 0 Å². The summed E-state index contributed by atoms with van der Waals surface area (Å²) in [4.78, 5) is 9.86. The van der Waals surface area contributed by atoms with Crippen molar-refractivity contribution in [2.75, 3.05) is 10.6 Å². The molecule has 1 heterocycles. The van der Waals surface area contributed by atoms with E-state index < -0.39 is 55.2 Å². The summed E-state index contributed by atoms with van der Waals surface area (Å²) in [7, 11) is -19.0. The van der Waals surface area contributed by atoms with Crippen molar-refractivity contribution in [1.29, 1.82) is 0 Å². The summed E-state index contributed by atoms with van der Waals surface area (Å²) >= 11 is 6.13. The zero-order valence-electron chi connectivity index (χ0n) is 28.9.